The van der Waals surface area contributed by atoms with Crippen molar-refractivity contribution in [1.29, 1.82) is 0 Å². The molecule has 0 spiro atoms. The second-order valence-electron chi connectivity index (χ2n) is 3.40. The van der Waals surface area contributed by atoms with Crippen LogP contribution in [-0.4, -0.2) is 36.3 Å². The maximum absolute atomic E-state index is 9.37. The van der Waals surface area contributed by atoms with Crippen LogP contribution >= 0.6 is 0 Å². The minimum Gasteiger partial charge on any atom is -0.512 e. The first-order chi connectivity index (χ1) is 6.36. The van der Waals surface area contributed by atoms with Crippen molar-refractivity contribution in [2.75, 3.05) is 26.3 Å². The number of ether oxygens (including phenoxy) is 1. The molecule has 0 aromatic carbocycles. The minimum atomic E-state index is 0.504. The van der Waals surface area contributed by atoms with Gasteiger partial charge in [0.05, 0.1) is 19.0 Å². The fraction of sp³-hybridized carbons (Fsp3) is 0.600. The third-order valence-corrected chi connectivity index (χ3v) is 2.44. The Morgan fingerprint density at radius 1 is 1.31 bits per heavy atom. The standard InChI is InChI=1S/C10H15NO2/c12-10-3-1-2-9(8-10)11-4-6-13-7-5-11/h2,8,12H,1,3-7H2. The minimum absolute atomic E-state index is 0.504. The Hall–Kier alpha value is -0.960. The maximum Gasteiger partial charge on any atom is 0.0946 e. The molecule has 3 heteroatoms. The Kier molecular flexibility index (Phi) is 2.54. The zero-order valence-corrected chi connectivity index (χ0v) is 7.70. The second-order valence-corrected chi connectivity index (χ2v) is 3.40. The van der Waals surface area contributed by atoms with Gasteiger partial charge in [-0.3, -0.25) is 0 Å². The summed E-state index contributed by atoms with van der Waals surface area (Å²) >= 11 is 0. The molecule has 1 N–H and O–H groups in total. The quantitative estimate of drug-likeness (QED) is 0.664. The molecular formula is C10H15NO2. The van der Waals surface area contributed by atoms with Crippen LogP contribution < -0.4 is 0 Å². The molecule has 2 aliphatic rings. The summed E-state index contributed by atoms with van der Waals surface area (Å²) in [6.45, 7) is 3.48. The average Bonchev–Trinajstić information content (AvgIpc) is 2.19. The highest BCUT2D eigenvalue weighted by atomic mass is 16.5. The zero-order valence-electron chi connectivity index (χ0n) is 7.70. The number of hydrogen-bond acceptors (Lipinski definition) is 3. The molecule has 0 bridgehead atoms. The van der Waals surface area contributed by atoms with E-state index >= 15 is 0 Å². The number of nitrogens with zero attached hydrogens (tertiary/aromatic N) is 1. The number of hydrogen-bond donors (Lipinski definition) is 1. The van der Waals surface area contributed by atoms with Gasteiger partial charge in [0, 0.05) is 25.2 Å². The van der Waals surface area contributed by atoms with E-state index in [-0.39, 0.29) is 0 Å². The monoisotopic (exact) mass is 181 g/mol. The molecule has 3 nitrogen and oxygen atoms in total. The number of allylic oxidation sites excluding steroid dienone is 3. The van der Waals surface area contributed by atoms with E-state index in [1.165, 1.54) is 0 Å². The fourth-order valence-corrected chi connectivity index (χ4v) is 1.71. The largest absolute Gasteiger partial charge is 0.512 e. The van der Waals surface area contributed by atoms with Gasteiger partial charge in [-0.2, -0.15) is 0 Å². The molecule has 1 fully saturated rings. The lowest BCUT2D eigenvalue weighted by Crippen LogP contribution is -2.35. The highest BCUT2D eigenvalue weighted by Crippen LogP contribution is 2.19. The van der Waals surface area contributed by atoms with Crippen LogP contribution in [0.2, 0.25) is 0 Å². The van der Waals surface area contributed by atoms with E-state index in [1.54, 1.807) is 0 Å². The summed E-state index contributed by atoms with van der Waals surface area (Å²) in [5, 5.41) is 9.37. The molecule has 0 unspecified atom stereocenters. The van der Waals surface area contributed by atoms with Crippen LogP contribution in [-0.2, 0) is 4.74 Å². The van der Waals surface area contributed by atoms with Crippen LogP contribution in [0, 0.1) is 0 Å². The number of aliphatic hydroxyl groups excluding tert-OH is 1. The molecule has 0 amide bonds. The smallest absolute Gasteiger partial charge is 0.0946 e. The van der Waals surface area contributed by atoms with Gasteiger partial charge in [0.1, 0.15) is 0 Å². The van der Waals surface area contributed by atoms with E-state index < -0.39 is 0 Å². The predicted octanol–water partition coefficient (Wildman–Crippen LogP) is 1.44. The van der Waals surface area contributed by atoms with Gasteiger partial charge in [-0.25, -0.2) is 0 Å². The van der Waals surface area contributed by atoms with Gasteiger partial charge in [-0.05, 0) is 12.5 Å². The van der Waals surface area contributed by atoms with Gasteiger partial charge in [0.25, 0.3) is 0 Å². The average molecular weight is 181 g/mol. The summed E-state index contributed by atoms with van der Waals surface area (Å²) in [6, 6.07) is 0. The first kappa shape index (κ1) is 8.63. The first-order valence-corrected chi connectivity index (χ1v) is 4.78. The van der Waals surface area contributed by atoms with E-state index in [2.05, 4.69) is 11.0 Å². The molecule has 2 rings (SSSR count). The van der Waals surface area contributed by atoms with Crippen molar-refractivity contribution in [2.45, 2.75) is 12.8 Å². The summed E-state index contributed by atoms with van der Waals surface area (Å²) in [7, 11) is 0. The molecule has 0 radical (unpaired) electrons. The molecule has 0 saturated carbocycles. The normalized spacial score (nSPS) is 23.8. The summed E-state index contributed by atoms with van der Waals surface area (Å²) in [6.07, 6.45) is 5.79. The highest BCUT2D eigenvalue weighted by Gasteiger charge is 2.14. The van der Waals surface area contributed by atoms with Crippen LogP contribution in [0.5, 0.6) is 0 Å². The molecule has 72 valence electrons. The summed E-state index contributed by atoms with van der Waals surface area (Å²) in [4.78, 5) is 2.26. The second kappa shape index (κ2) is 3.83. The van der Waals surface area contributed by atoms with Crippen LogP contribution in [0.4, 0.5) is 0 Å². The van der Waals surface area contributed by atoms with Crippen molar-refractivity contribution < 1.29 is 9.84 Å². The van der Waals surface area contributed by atoms with Crippen molar-refractivity contribution >= 4 is 0 Å². The van der Waals surface area contributed by atoms with Gasteiger partial charge in [-0.1, -0.05) is 6.08 Å². The van der Waals surface area contributed by atoms with E-state index in [4.69, 9.17) is 4.74 Å². The summed E-state index contributed by atoms with van der Waals surface area (Å²) < 4.78 is 5.27. The van der Waals surface area contributed by atoms with Crippen LogP contribution in [0.15, 0.2) is 23.6 Å². The van der Waals surface area contributed by atoms with Crippen molar-refractivity contribution in [1.82, 2.24) is 4.90 Å². The number of rotatable bonds is 1. The summed E-state index contributed by atoms with van der Waals surface area (Å²) in [5.41, 5.74) is 1.16. The van der Waals surface area contributed by atoms with Crippen LogP contribution in [0.3, 0.4) is 0 Å². The van der Waals surface area contributed by atoms with Crippen molar-refractivity contribution in [3.8, 4) is 0 Å². The van der Waals surface area contributed by atoms with E-state index in [0.29, 0.717) is 5.76 Å². The molecule has 1 heterocycles. The van der Waals surface area contributed by atoms with Crippen LogP contribution in [0.1, 0.15) is 12.8 Å². The third-order valence-electron chi connectivity index (χ3n) is 2.44. The molecule has 1 aliphatic heterocycles. The van der Waals surface area contributed by atoms with Gasteiger partial charge in [-0.15, -0.1) is 0 Å². The Morgan fingerprint density at radius 3 is 2.77 bits per heavy atom. The Labute approximate surface area is 78.3 Å². The van der Waals surface area contributed by atoms with Crippen LogP contribution in [0.25, 0.3) is 0 Å². The Morgan fingerprint density at radius 2 is 2.08 bits per heavy atom. The maximum atomic E-state index is 9.37. The van der Waals surface area contributed by atoms with Crippen molar-refractivity contribution in [2.24, 2.45) is 0 Å². The third kappa shape index (κ3) is 2.04. The summed E-state index contributed by atoms with van der Waals surface area (Å²) in [5.74, 6) is 0.504. The van der Waals surface area contributed by atoms with Gasteiger partial charge < -0.3 is 14.7 Å². The number of morpholine rings is 1. The lowest BCUT2D eigenvalue weighted by atomic mass is 10.1. The Balaban J connectivity index is 2.02. The topological polar surface area (TPSA) is 32.7 Å². The molecule has 13 heavy (non-hydrogen) atoms. The van der Waals surface area contributed by atoms with E-state index in [9.17, 15) is 5.11 Å². The molecule has 1 saturated heterocycles. The number of aliphatic hydroxyl groups is 1. The SMILES string of the molecule is OC1=CC(N2CCOCC2)=CCC1. The molecule has 0 aromatic heterocycles. The van der Waals surface area contributed by atoms with Crippen molar-refractivity contribution in [3.05, 3.63) is 23.6 Å². The fourth-order valence-electron chi connectivity index (χ4n) is 1.71. The van der Waals surface area contributed by atoms with E-state index in [1.807, 2.05) is 6.08 Å². The Bertz CT molecular complexity index is 239. The molecule has 1 aliphatic carbocycles. The van der Waals surface area contributed by atoms with Gasteiger partial charge in [0.2, 0.25) is 0 Å². The highest BCUT2D eigenvalue weighted by molar-refractivity contribution is 5.23. The molecular weight excluding hydrogens is 166 g/mol. The lowest BCUT2D eigenvalue weighted by Gasteiger charge is -2.30. The van der Waals surface area contributed by atoms with E-state index in [0.717, 1.165) is 44.8 Å². The lowest BCUT2D eigenvalue weighted by molar-refractivity contribution is 0.0548. The molecule has 0 aromatic rings. The zero-order chi connectivity index (χ0) is 9.10. The van der Waals surface area contributed by atoms with Crippen molar-refractivity contribution in [3.63, 3.8) is 0 Å². The predicted molar refractivity (Wildman–Crippen MR) is 50.4 cm³/mol. The first-order valence-electron chi connectivity index (χ1n) is 4.78. The van der Waals surface area contributed by atoms with Gasteiger partial charge >= 0.3 is 0 Å². The molecule has 0 atom stereocenters. The van der Waals surface area contributed by atoms with Gasteiger partial charge in [0.15, 0.2) is 0 Å².